The van der Waals surface area contributed by atoms with Gasteiger partial charge < -0.3 is 30.0 Å². The molecule has 0 aliphatic carbocycles. The molecule has 0 saturated heterocycles. The second kappa shape index (κ2) is 8.66. The Kier molecular flexibility index (Phi) is 5.64. The molecule has 0 unspecified atom stereocenters. The van der Waals surface area contributed by atoms with Crippen molar-refractivity contribution in [3.63, 3.8) is 0 Å². The summed E-state index contributed by atoms with van der Waals surface area (Å²) in [5, 5.41) is 32.0. The smallest absolute Gasteiger partial charge is 0.352 e. The molecular formula is C26H19IN2O6. The number of fused-ring (bicyclic) bond motifs is 2. The zero-order valence-corrected chi connectivity index (χ0v) is 20.5. The van der Waals surface area contributed by atoms with Gasteiger partial charge >= 0.3 is 11.9 Å². The van der Waals surface area contributed by atoms with E-state index in [0.717, 1.165) is 0 Å². The minimum absolute atomic E-state index is 0.0418. The summed E-state index contributed by atoms with van der Waals surface area (Å²) >= 11 is 1.97. The molecule has 5 aromatic rings. The van der Waals surface area contributed by atoms with Crippen molar-refractivity contribution in [3.05, 3.63) is 92.3 Å². The summed E-state index contributed by atoms with van der Waals surface area (Å²) in [6.45, 7) is 0. The van der Waals surface area contributed by atoms with Crippen molar-refractivity contribution in [2.45, 2.75) is 5.92 Å². The molecule has 0 fully saturated rings. The Morgan fingerprint density at radius 3 is 1.80 bits per heavy atom. The molecule has 0 aliphatic rings. The molecule has 0 amide bonds. The number of aromatic nitrogens is 2. The van der Waals surface area contributed by atoms with Gasteiger partial charge in [-0.15, -0.1) is 0 Å². The fourth-order valence-electron chi connectivity index (χ4n) is 4.66. The lowest BCUT2D eigenvalue weighted by Crippen LogP contribution is -2.13. The van der Waals surface area contributed by atoms with Crippen molar-refractivity contribution in [2.75, 3.05) is 7.11 Å². The molecule has 0 radical (unpaired) electrons. The topological polar surface area (TPSA) is 136 Å². The maximum atomic E-state index is 12.4. The maximum Gasteiger partial charge on any atom is 0.352 e. The van der Waals surface area contributed by atoms with Crippen molar-refractivity contribution in [1.29, 1.82) is 0 Å². The molecule has 0 spiro atoms. The molecule has 35 heavy (non-hydrogen) atoms. The van der Waals surface area contributed by atoms with Gasteiger partial charge in [0, 0.05) is 38.9 Å². The first-order valence-corrected chi connectivity index (χ1v) is 11.6. The fourth-order valence-corrected chi connectivity index (χ4v) is 5.28. The molecule has 8 nitrogen and oxygen atoms in total. The number of nitrogens with one attached hydrogen (secondary N) is 2. The van der Waals surface area contributed by atoms with Gasteiger partial charge in [-0.1, -0.05) is 36.4 Å². The third-order valence-corrected chi connectivity index (χ3v) is 6.92. The van der Waals surface area contributed by atoms with E-state index in [1.54, 1.807) is 60.7 Å². The van der Waals surface area contributed by atoms with E-state index < -0.39 is 17.9 Å². The summed E-state index contributed by atoms with van der Waals surface area (Å²) in [6.07, 6.45) is 0. The molecule has 5 N–H and O–H groups in total. The first-order valence-electron chi connectivity index (χ1n) is 10.6. The van der Waals surface area contributed by atoms with Crippen molar-refractivity contribution >= 4 is 56.3 Å². The molecule has 5 rings (SSSR count). The van der Waals surface area contributed by atoms with Crippen LogP contribution in [0.25, 0.3) is 21.8 Å². The highest BCUT2D eigenvalue weighted by molar-refractivity contribution is 14.1. The van der Waals surface area contributed by atoms with E-state index in [1.807, 2.05) is 22.6 Å². The number of H-pyrrole nitrogens is 2. The van der Waals surface area contributed by atoms with E-state index in [4.69, 9.17) is 4.74 Å². The van der Waals surface area contributed by atoms with Crippen LogP contribution in [0.1, 0.15) is 43.6 Å². The second-order valence-electron chi connectivity index (χ2n) is 8.02. The fraction of sp³-hybridized carbons (Fsp3) is 0.0769. The summed E-state index contributed by atoms with van der Waals surface area (Å²) in [4.78, 5) is 30.8. The standard InChI is InChI=1S/C26H19IN2O6/c1-35-18-11-12(10-15(27)24(18)30)19(20-13-6-2-4-8-16(13)28-22(20)25(31)32)21-14-7-3-5-9-17(14)29-23(21)26(33)34/h2-11,19,28-30H,1H3,(H,31,32)(H,33,34). The van der Waals surface area contributed by atoms with Gasteiger partial charge in [-0.3, -0.25) is 0 Å². The van der Waals surface area contributed by atoms with E-state index in [0.29, 0.717) is 42.1 Å². The van der Waals surface area contributed by atoms with Crippen molar-refractivity contribution in [1.82, 2.24) is 9.97 Å². The lowest BCUT2D eigenvalue weighted by atomic mass is 9.81. The van der Waals surface area contributed by atoms with Crippen LogP contribution in [0.5, 0.6) is 11.5 Å². The molecular weight excluding hydrogens is 563 g/mol. The molecule has 9 heteroatoms. The lowest BCUT2D eigenvalue weighted by Gasteiger charge is -2.21. The zero-order chi connectivity index (χ0) is 24.9. The summed E-state index contributed by atoms with van der Waals surface area (Å²) in [6, 6.07) is 17.7. The Morgan fingerprint density at radius 1 is 0.857 bits per heavy atom. The molecule has 2 aromatic heterocycles. The Hall–Kier alpha value is -3.99. The summed E-state index contributed by atoms with van der Waals surface area (Å²) < 4.78 is 5.86. The molecule has 2 heterocycles. The number of carbonyl (C=O) groups is 2. The van der Waals surface area contributed by atoms with Crippen LogP contribution in [-0.2, 0) is 0 Å². The highest BCUT2D eigenvalue weighted by atomic mass is 127. The summed E-state index contributed by atoms with van der Waals surface area (Å²) in [5.41, 5.74) is 2.56. The monoisotopic (exact) mass is 582 g/mol. The summed E-state index contributed by atoms with van der Waals surface area (Å²) in [7, 11) is 1.42. The van der Waals surface area contributed by atoms with E-state index in [-0.39, 0.29) is 22.9 Å². The van der Waals surface area contributed by atoms with Gasteiger partial charge in [0.15, 0.2) is 11.5 Å². The molecule has 0 atom stereocenters. The largest absolute Gasteiger partial charge is 0.504 e. The van der Waals surface area contributed by atoms with E-state index in [9.17, 15) is 24.9 Å². The van der Waals surface area contributed by atoms with Crippen LogP contribution in [-0.4, -0.2) is 44.3 Å². The van der Waals surface area contributed by atoms with E-state index in [1.165, 1.54) is 7.11 Å². The number of aromatic carboxylic acids is 2. The normalized spacial score (nSPS) is 11.4. The van der Waals surface area contributed by atoms with Crippen LogP contribution in [0, 0.1) is 3.57 Å². The van der Waals surface area contributed by atoms with Gasteiger partial charge in [0.1, 0.15) is 11.4 Å². The number of carboxylic acids is 2. The number of ether oxygens (including phenoxy) is 1. The van der Waals surface area contributed by atoms with Gasteiger partial charge in [-0.05, 0) is 52.4 Å². The average molecular weight is 582 g/mol. The Balaban J connectivity index is 1.97. The number of carboxylic acid groups (broad SMARTS) is 2. The number of benzene rings is 3. The van der Waals surface area contributed by atoms with Crippen molar-refractivity contribution in [2.24, 2.45) is 0 Å². The highest BCUT2D eigenvalue weighted by Crippen LogP contribution is 2.45. The van der Waals surface area contributed by atoms with Crippen LogP contribution >= 0.6 is 22.6 Å². The van der Waals surface area contributed by atoms with E-state index >= 15 is 0 Å². The third kappa shape index (κ3) is 3.68. The number of rotatable bonds is 6. The maximum absolute atomic E-state index is 12.4. The minimum Gasteiger partial charge on any atom is -0.504 e. The van der Waals surface area contributed by atoms with Crippen molar-refractivity contribution in [3.8, 4) is 11.5 Å². The number of methoxy groups -OCH3 is 1. The molecule has 0 saturated carbocycles. The van der Waals surface area contributed by atoms with Gasteiger partial charge in [0.25, 0.3) is 0 Å². The Bertz CT molecular complexity index is 1540. The average Bonchev–Trinajstić information content (AvgIpc) is 3.41. The predicted molar refractivity (Wildman–Crippen MR) is 139 cm³/mol. The lowest BCUT2D eigenvalue weighted by molar-refractivity contribution is 0.0681. The molecule has 176 valence electrons. The second-order valence-corrected chi connectivity index (χ2v) is 9.18. The molecule has 3 aromatic carbocycles. The van der Waals surface area contributed by atoms with Gasteiger partial charge in [0.2, 0.25) is 0 Å². The van der Waals surface area contributed by atoms with E-state index in [2.05, 4.69) is 9.97 Å². The van der Waals surface area contributed by atoms with Crippen LogP contribution in [0.2, 0.25) is 0 Å². The van der Waals surface area contributed by atoms with Gasteiger partial charge in [-0.25, -0.2) is 9.59 Å². The number of hydrogen-bond donors (Lipinski definition) is 5. The zero-order valence-electron chi connectivity index (χ0n) is 18.3. The third-order valence-electron chi connectivity index (χ3n) is 6.10. The van der Waals surface area contributed by atoms with Crippen LogP contribution in [0.3, 0.4) is 0 Å². The first kappa shape index (κ1) is 22.8. The highest BCUT2D eigenvalue weighted by Gasteiger charge is 2.33. The quantitative estimate of drug-likeness (QED) is 0.167. The Morgan fingerprint density at radius 2 is 1.34 bits per heavy atom. The minimum atomic E-state index is -1.17. The Labute approximate surface area is 212 Å². The van der Waals surface area contributed by atoms with Gasteiger partial charge in [0.05, 0.1) is 10.7 Å². The number of phenols is 1. The molecule has 0 bridgehead atoms. The summed E-state index contributed by atoms with van der Waals surface area (Å²) in [5.74, 6) is -3.00. The van der Waals surface area contributed by atoms with Gasteiger partial charge in [-0.2, -0.15) is 0 Å². The number of aromatic hydroxyl groups is 1. The number of phenolic OH excluding ortho intramolecular Hbond substituents is 1. The number of hydrogen-bond acceptors (Lipinski definition) is 4. The predicted octanol–water partition coefficient (Wildman–Crippen LogP) is 5.54. The van der Waals surface area contributed by atoms with Crippen LogP contribution in [0.15, 0.2) is 60.7 Å². The van der Waals surface area contributed by atoms with Crippen LogP contribution < -0.4 is 4.74 Å². The molecule has 0 aliphatic heterocycles. The first-order chi connectivity index (χ1) is 16.8. The number of aromatic amines is 2. The number of halogens is 1. The SMILES string of the molecule is COc1cc(C(c2c(C(=O)O)[nH]c3ccccc23)c2c(C(=O)O)[nH]c3ccccc23)cc(I)c1O. The number of para-hydroxylation sites is 2. The van der Waals surface area contributed by atoms with Crippen molar-refractivity contribution < 1.29 is 29.6 Å². The van der Waals surface area contributed by atoms with Crippen LogP contribution in [0.4, 0.5) is 0 Å².